The van der Waals surface area contributed by atoms with E-state index in [1.807, 2.05) is 0 Å². The monoisotopic (exact) mass is 336 g/mol. The number of carboxylic acids is 1. The molecule has 7 heteroatoms. The van der Waals surface area contributed by atoms with Gasteiger partial charge in [-0.3, -0.25) is 4.79 Å². The summed E-state index contributed by atoms with van der Waals surface area (Å²) >= 11 is 1.31. The normalized spacial score (nSPS) is 13.3. The molecule has 0 saturated carbocycles. The van der Waals surface area contributed by atoms with Crippen LogP contribution in [0.25, 0.3) is 10.6 Å². The Kier molecular flexibility index (Phi) is 5.10. The lowest BCUT2D eigenvalue weighted by atomic mass is 9.99. The number of benzene rings is 1. The van der Waals surface area contributed by atoms with Crippen molar-refractivity contribution < 1.29 is 19.1 Å². The van der Waals surface area contributed by atoms with Crippen LogP contribution in [-0.2, 0) is 16.0 Å². The highest BCUT2D eigenvalue weighted by Gasteiger charge is 2.32. The fraction of sp³-hybridized carbons (Fsp3) is 0.312. The number of carboxylic acid groups (broad SMARTS) is 1. The van der Waals surface area contributed by atoms with E-state index in [0.29, 0.717) is 16.3 Å². The molecular weight excluding hydrogens is 319 g/mol. The second-order valence-corrected chi connectivity index (χ2v) is 6.23. The van der Waals surface area contributed by atoms with Crippen molar-refractivity contribution >= 4 is 23.2 Å². The van der Waals surface area contributed by atoms with E-state index in [-0.39, 0.29) is 18.7 Å². The number of aliphatic carboxylic acids is 1. The zero-order chi connectivity index (χ0) is 17.0. The van der Waals surface area contributed by atoms with Gasteiger partial charge in [0.2, 0.25) is 5.91 Å². The van der Waals surface area contributed by atoms with E-state index in [1.165, 1.54) is 30.4 Å². The van der Waals surface area contributed by atoms with Crippen molar-refractivity contribution in [3.8, 4) is 10.6 Å². The van der Waals surface area contributed by atoms with Gasteiger partial charge in [0.1, 0.15) is 16.4 Å². The van der Waals surface area contributed by atoms with Gasteiger partial charge in [-0.15, -0.1) is 11.3 Å². The van der Waals surface area contributed by atoms with E-state index in [2.05, 4.69) is 10.3 Å². The fourth-order valence-electron chi connectivity index (χ4n) is 1.95. The average molecular weight is 336 g/mol. The van der Waals surface area contributed by atoms with Gasteiger partial charge in [-0.25, -0.2) is 14.2 Å². The minimum Gasteiger partial charge on any atom is -0.480 e. The molecule has 122 valence electrons. The van der Waals surface area contributed by atoms with E-state index >= 15 is 0 Å². The summed E-state index contributed by atoms with van der Waals surface area (Å²) in [5, 5.41) is 14.0. The van der Waals surface area contributed by atoms with Crippen LogP contribution in [0.4, 0.5) is 4.39 Å². The van der Waals surface area contributed by atoms with Gasteiger partial charge in [0.15, 0.2) is 0 Å². The molecule has 0 bridgehead atoms. The Morgan fingerprint density at radius 3 is 2.78 bits per heavy atom. The fourth-order valence-corrected chi connectivity index (χ4v) is 2.77. The highest BCUT2D eigenvalue weighted by molar-refractivity contribution is 7.13. The Bertz CT molecular complexity index is 732. The van der Waals surface area contributed by atoms with Gasteiger partial charge in [0.05, 0.1) is 12.1 Å². The number of nitrogens with one attached hydrogen (secondary N) is 1. The van der Waals surface area contributed by atoms with Gasteiger partial charge < -0.3 is 10.4 Å². The number of amides is 1. The molecule has 1 amide bonds. The molecule has 5 nitrogen and oxygen atoms in total. The van der Waals surface area contributed by atoms with Gasteiger partial charge >= 0.3 is 5.97 Å². The predicted octanol–water partition coefficient (Wildman–Crippen LogP) is 2.86. The first-order valence-corrected chi connectivity index (χ1v) is 7.97. The maximum absolute atomic E-state index is 13.2. The number of nitrogens with zero attached hydrogens (tertiary/aromatic N) is 1. The molecule has 0 saturated heterocycles. The molecule has 0 spiro atoms. The van der Waals surface area contributed by atoms with E-state index in [9.17, 15) is 14.0 Å². The van der Waals surface area contributed by atoms with E-state index < -0.39 is 17.4 Å². The quantitative estimate of drug-likeness (QED) is 0.850. The number of halogens is 1. The van der Waals surface area contributed by atoms with Gasteiger partial charge in [-0.05, 0) is 25.5 Å². The topological polar surface area (TPSA) is 79.3 Å². The van der Waals surface area contributed by atoms with Crippen molar-refractivity contribution in [2.24, 2.45) is 0 Å². The Labute approximate surface area is 137 Å². The summed E-state index contributed by atoms with van der Waals surface area (Å²) in [6.07, 6.45) is 0.258. The highest BCUT2D eigenvalue weighted by Crippen LogP contribution is 2.24. The number of carbonyl (C=O) groups excluding carboxylic acids is 1. The van der Waals surface area contributed by atoms with Gasteiger partial charge in [0.25, 0.3) is 0 Å². The Balaban J connectivity index is 2.07. The van der Waals surface area contributed by atoms with Gasteiger partial charge in [-0.2, -0.15) is 0 Å². The van der Waals surface area contributed by atoms with Crippen LogP contribution < -0.4 is 5.32 Å². The van der Waals surface area contributed by atoms with Crippen molar-refractivity contribution in [1.29, 1.82) is 0 Å². The maximum Gasteiger partial charge on any atom is 0.329 e. The van der Waals surface area contributed by atoms with Crippen molar-refractivity contribution in [2.75, 3.05) is 0 Å². The number of rotatable bonds is 6. The zero-order valence-corrected chi connectivity index (χ0v) is 13.6. The minimum atomic E-state index is -1.29. The second-order valence-electron chi connectivity index (χ2n) is 5.37. The van der Waals surface area contributed by atoms with E-state index in [4.69, 9.17) is 5.11 Å². The molecule has 0 aliphatic rings. The molecule has 1 aromatic heterocycles. The number of thiazole rings is 1. The molecule has 0 radical (unpaired) electrons. The molecule has 0 fully saturated rings. The van der Waals surface area contributed by atoms with Crippen LogP contribution in [0.3, 0.4) is 0 Å². The summed E-state index contributed by atoms with van der Waals surface area (Å²) in [6.45, 7) is 3.16. The lowest BCUT2D eigenvalue weighted by molar-refractivity contribution is -0.146. The molecule has 2 N–H and O–H groups in total. The molecule has 2 rings (SSSR count). The van der Waals surface area contributed by atoms with Crippen LogP contribution in [0, 0.1) is 5.82 Å². The third-order valence-electron chi connectivity index (χ3n) is 3.56. The molecule has 0 aliphatic heterocycles. The van der Waals surface area contributed by atoms with E-state index in [0.717, 1.165) is 0 Å². The third kappa shape index (κ3) is 4.13. The number of hydrogen-bond acceptors (Lipinski definition) is 4. The van der Waals surface area contributed by atoms with E-state index in [1.54, 1.807) is 24.4 Å². The van der Waals surface area contributed by atoms with Crippen LogP contribution in [0.15, 0.2) is 29.6 Å². The maximum atomic E-state index is 13.2. The molecular formula is C16H17FN2O3S. The Hall–Kier alpha value is -2.28. The summed E-state index contributed by atoms with van der Waals surface area (Å²) in [5.41, 5.74) is -0.125. The molecule has 0 aliphatic carbocycles. The Morgan fingerprint density at radius 2 is 2.17 bits per heavy atom. The standard InChI is InChI=1S/C16H17FN2O3S/c1-3-16(2,15(21)22)19-13(20)8-12-9-23-14(18-12)10-5-4-6-11(17)7-10/h4-7,9H,3,8H2,1-2H3,(H,19,20)(H,21,22). The largest absolute Gasteiger partial charge is 0.480 e. The average Bonchev–Trinajstić information content (AvgIpc) is 2.95. The molecule has 1 heterocycles. The third-order valence-corrected chi connectivity index (χ3v) is 4.50. The lowest BCUT2D eigenvalue weighted by Crippen LogP contribution is -2.52. The van der Waals surface area contributed by atoms with Crippen molar-refractivity contribution in [3.63, 3.8) is 0 Å². The first-order chi connectivity index (χ1) is 10.8. The summed E-state index contributed by atoms with van der Waals surface area (Å²) in [5.74, 6) is -1.84. The smallest absolute Gasteiger partial charge is 0.329 e. The first kappa shape index (κ1) is 17.1. The minimum absolute atomic E-state index is 0.0192. The number of hydrogen-bond donors (Lipinski definition) is 2. The first-order valence-electron chi connectivity index (χ1n) is 7.09. The molecule has 1 aromatic carbocycles. The SMILES string of the molecule is CCC(C)(NC(=O)Cc1csc(-c2cccc(F)c2)n1)C(=O)O. The summed E-state index contributed by atoms with van der Waals surface area (Å²) in [4.78, 5) is 27.5. The van der Waals surface area contributed by atoms with Crippen LogP contribution in [0.5, 0.6) is 0 Å². The number of carbonyl (C=O) groups is 2. The number of aromatic nitrogens is 1. The van der Waals surface area contributed by atoms with Crippen LogP contribution in [-0.4, -0.2) is 27.5 Å². The zero-order valence-electron chi connectivity index (χ0n) is 12.8. The summed E-state index contributed by atoms with van der Waals surface area (Å²) in [6, 6.07) is 6.06. The van der Waals surface area contributed by atoms with Crippen LogP contribution in [0.1, 0.15) is 26.0 Å². The molecule has 23 heavy (non-hydrogen) atoms. The molecule has 1 atom stereocenters. The molecule has 2 aromatic rings. The van der Waals surface area contributed by atoms with Crippen molar-refractivity contribution in [3.05, 3.63) is 41.2 Å². The van der Waals surface area contributed by atoms with Crippen LogP contribution in [0.2, 0.25) is 0 Å². The predicted molar refractivity (Wildman–Crippen MR) is 85.7 cm³/mol. The Morgan fingerprint density at radius 1 is 1.43 bits per heavy atom. The highest BCUT2D eigenvalue weighted by atomic mass is 32.1. The van der Waals surface area contributed by atoms with Crippen molar-refractivity contribution in [2.45, 2.75) is 32.2 Å². The van der Waals surface area contributed by atoms with Crippen molar-refractivity contribution in [1.82, 2.24) is 10.3 Å². The second kappa shape index (κ2) is 6.87. The summed E-state index contributed by atoms with van der Waals surface area (Å²) < 4.78 is 13.2. The summed E-state index contributed by atoms with van der Waals surface area (Å²) in [7, 11) is 0. The van der Waals surface area contributed by atoms with Crippen LogP contribution >= 0.6 is 11.3 Å². The van der Waals surface area contributed by atoms with Gasteiger partial charge in [0, 0.05) is 10.9 Å². The lowest BCUT2D eigenvalue weighted by Gasteiger charge is -2.24. The molecule has 1 unspecified atom stereocenters. The van der Waals surface area contributed by atoms with Gasteiger partial charge in [-0.1, -0.05) is 19.1 Å².